The van der Waals surface area contributed by atoms with E-state index < -0.39 is 0 Å². The van der Waals surface area contributed by atoms with Gasteiger partial charge in [0.05, 0.1) is 20.8 Å². The summed E-state index contributed by atoms with van der Waals surface area (Å²) >= 11 is 0. The van der Waals surface area contributed by atoms with Crippen LogP contribution in [0.1, 0.15) is 17.5 Å². The Balaban J connectivity index is 0.00000280. The van der Waals surface area contributed by atoms with Crippen LogP contribution in [0.25, 0.3) is 0 Å². The second-order valence-electron chi connectivity index (χ2n) is 6.81. The van der Waals surface area contributed by atoms with E-state index in [2.05, 4.69) is 4.90 Å². The molecule has 1 aliphatic rings. The van der Waals surface area contributed by atoms with E-state index in [9.17, 15) is 4.79 Å². The number of carbonyl (C=O) groups is 1. The maximum atomic E-state index is 12.8. The Bertz CT molecular complexity index is 829. The Kier molecular flexibility index (Phi) is 7.40. The van der Waals surface area contributed by atoms with Crippen molar-refractivity contribution in [2.45, 2.75) is 19.4 Å². The second-order valence-corrected chi connectivity index (χ2v) is 6.81. The van der Waals surface area contributed by atoms with Crippen LogP contribution in [-0.2, 0) is 17.8 Å². The first-order chi connectivity index (χ1) is 13.0. The Morgan fingerprint density at radius 3 is 2.64 bits per heavy atom. The van der Waals surface area contributed by atoms with Gasteiger partial charge in [-0.1, -0.05) is 12.1 Å². The van der Waals surface area contributed by atoms with E-state index in [0.29, 0.717) is 24.6 Å². The van der Waals surface area contributed by atoms with E-state index in [1.807, 2.05) is 43.4 Å². The summed E-state index contributed by atoms with van der Waals surface area (Å²) in [5, 5.41) is 0. The molecule has 7 heteroatoms. The second kappa shape index (κ2) is 9.55. The Hall–Kier alpha value is -2.60. The van der Waals surface area contributed by atoms with E-state index in [4.69, 9.17) is 15.2 Å². The number of anilines is 2. The minimum Gasteiger partial charge on any atom is -0.493 e. The van der Waals surface area contributed by atoms with E-state index in [1.165, 1.54) is 0 Å². The van der Waals surface area contributed by atoms with Crippen molar-refractivity contribution in [3.05, 3.63) is 47.5 Å². The number of nitrogen functional groups attached to an aromatic ring is 1. The molecule has 0 aliphatic carbocycles. The van der Waals surface area contributed by atoms with Gasteiger partial charge in [-0.15, -0.1) is 12.4 Å². The zero-order valence-electron chi connectivity index (χ0n) is 16.6. The van der Waals surface area contributed by atoms with Crippen LogP contribution in [0.3, 0.4) is 0 Å². The van der Waals surface area contributed by atoms with Crippen LogP contribution in [0.2, 0.25) is 0 Å². The summed E-state index contributed by atoms with van der Waals surface area (Å²) in [5.41, 5.74) is 10.1. The average molecular weight is 406 g/mol. The van der Waals surface area contributed by atoms with Crippen molar-refractivity contribution >= 4 is 29.7 Å². The smallest absolute Gasteiger partial charge is 0.242 e. The molecule has 0 unspecified atom stereocenters. The van der Waals surface area contributed by atoms with Gasteiger partial charge >= 0.3 is 0 Å². The number of nitrogens with two attached hydrogens (primary N) is 1. The summed E-state index contributed by atoms with van der Waals surface area (Å²) in [5.74, 6) is 1.41. The zero-order chi connectivity index (χ0) is 19.4. The number of nitrogens with zero attached hydrogens (tertiary/aromatic N) is 2. The van der Waals surface area contributed by atoms with Crippen molar-refractivity contribution in [2.75, 3.05) is 45.0 Å². The maximum Gasteiger partial charge on any atom is 0.242 e. The molecule has 28 heavy (non-hydrogen) atoms. The summed E-state index contributed by atoms with van der Waals surface area (Å²) in [6.07, 6.45) is 1.97. The average Bonchev–Trinajstić information content (AvgIpc) is 2.68. The number of likely N-dealkylation sites (N-methyl/N-ethyl adjacent to an activating group) is 1. The van der Waals surface area contributed by atoms with Crippen LogP contribution in [0.4, 0.5) is 11.4 Å². The SMILES string of the molecule is COc1ccc(CN(C)C(=O)CN2CCCc3c(N)cccc32)cc1OC.Cl. The van der Waals surface area contributed by atoms with Crippen molar-refractivity contribution in [2.24, 2.45) is 0 Å². The van der Waals surface area contributed by atoms with Gasteiger partial charge in [-0.05, 0) is 48.2 Å². The number of hydrogen-bond donors (Lipinski definition) is 1. The van der Waals surface area contributed by atoms with Gasteiger partial charge in [0.1, 0.15) is 0 Å². The van der Waals surface area contributed by atoms with Gasteiger partial charge in [0.15, 0.2) is 11.5 Å². The fourth-order valence-electron chi connectivity index (χ4n) is 3.52. The predicted molar refractivity (Wildman–Crippen MR) is 115 cm³/mol. The number of carbonyl (C=O) groups excluding carboxylic acids is 1. The number of benzene rings is 2. The van der Waals surface area contributed by atoms with E-state index in [-0.39, 0.29) is 18.3 Å². The molecule has 0 bridgehead atoms. The molecule has 0 saturated carbocycles. The van der Waals surface area contributed by atoms with Crippen molar-refractivity contribution in [3.8, 4) is 11.5 Å². The van der Waals surface area contributed by atoms with Crippen LogP contribution < -0.4 is 20.1 Å². The molecule has 0 spiro atoms. The normalized spacial score (nSPS) is 12.6. The molecular weight excluding hydrogens is 378 g/mol. The first-order valence-electron chi connectivity index (χ1n) is 9.10. The molecule has 152 valence electrons. The maximum absolute atomic E-state index is 12.8. The fourth-order valence-corrected chi connectivity index (χ4v) is 3.52. The standard InChI is InChI=1S/C21H27N3O3.ClH/c1-23(13-15-9-10-19(26-2)20(12-15)27-3)21(25)14-24-11-5-6-16-17(22)7-4-8-18(16)24;/h4,7-10,12H,5-6,11,13-14,22H2,1-3H3;1H. The van der Waals surface area contributed by atoms with Gasteiger partial charge in [-0.3, -0.25) is 4.79 Å². The summed E-state index contributed by atoms with van der Waals surface area (Å²) in [6.45, 7) is 1.73. The van der Waals surface area contributed by atoms with E-state index in [0.717, 1.165) is 41.9 Å². The minimum atomic E-state index is 0. The highest BCUT2D eigenvalue weighted by Crippen LogP contribution is 2.31. The van der Waals surface area contributed by atoms with Crippen molar-refractivity contribution < 1.29 is 14.3 Å². The molecule has 1 amide bonds. The highest BCUT2D eigenvalue weighted by molar-refractivity contribution is 5.85. The van der Waals surface area contributed by atoms with Crippen LogP contribution in [-0.4, -0.2) is 45.2 Å². The number of amides is 1. The number of ether oxygens (including phenoxy) is 2. The predicted octanol–water partition coefficient (Wildman–Crippen LogP) is 3.12. The molecule has 0 fully saturated rings. The number of rotatable bonds is 6. The molecule has 0 atom stereocenters. The van der Waals surface area contributed by atoms with Crippen molar-refractivity contribution in [1.29, 1.82) is 0 Å². The highest BCUT2D eigenvalue weighted by Gasteiger charge is 2.22. The summed E-state index contributed by atoms with van der Waals surface area (Å²) in [6, 6.07) is 11.6. The van der Waals surface area contributed by atoms with Gasteiger partial charge in [0, 0.05) is 31.5 Å². The molecule has 2 N–H and O–H groups in total. The molecule has 3 rings (SSSR count). The molecule has 6 nitrogen and oxygen atoms in total. The molecular formula is C21H28ClN3O3. The molecule has 2 aromatic carbocycles. The summed E-state index contributed by atoms with van der Waals surface area (Å²) in [7, 11) is 5.04. The van der Waals surface area contributed by atoms with Crippen LogP contribution in [0.15, 0.2) is 36.4 Å². The molecule has 0 saturated heterocycles. The van der Waals surface area contributed by atoms with Gasteiger partial charge in [0.25, 0.3) is 0 Å². The van der Waals surface area contributed by atoms with E-state index >= 15 is 0 Å². The molecule has 1 heterocycles. The van der Waals surface area contributed by atoms with Gasteiger partial charge in [0.2, 0.25) is 5.91 Å². The van der Waals surface area contributed by atoms with Crippen LogP contribution in [0, 0.1) is 0 Å². The molecule has 0 radical (unpaired) electrons. The largest absolute Gasteiger partial charge is 0.493 e. The molecule has 1 aliphatic heterocycles. The first-order valence-corrected chi connectivity index (χ1v) is 9.10. The van der Waals surface area contributed by atoms with Crippen molar-refractivity contribution in [1.82, 2.24) is 4.90 Å². The minimum absolute atomic E-state index is 0. The molecule has 2 aromatic rings. The third kappa shape index (κ3) is 4.62. The van der Waals surface area contributed by atoms with Crippen LogP contribution >= 0.6 is 12.4 Å². The number of halogens is 1. The summed E-state index contributed by atoms with van der Waals surface area (Å²) in [4.78, 5) is 16.7. The third-order valence-corrected chi connectivity index (χ3v) is 5.00. The number of fused-ring (bicyclic) bond motifs is 1. The zero-order valence-corrected chi connectivity index (χ0v) is 17.4. The molecule has 0 aromatic heterocycles. The van der Waals surface area contributed by atoms with E-state index in [1.54, 1.807) is 19.1 Å². The Morgan fingerprint density at radius 1 is 1.18 bits per heavy atom. The van der Waals surface area contributed by atoms with Gasteiger partial charge in [-0.2, -0.15) is 0 Å². The van der Waals surface area contributed by atoms with Gasteiger partial charge in [-0.25, -0.2) is 0 Å². The lowest BCUT2D eigenvalue weighted by Crippen LogP contribution is -2.40. The summed E-state index contributed by atoms with van der Waals surface area (Å²) < 4.78 is 10.6. The first kappa shape index (κ1) is 21.7. The monoisotopic (exact) mass is 405 g/mol. The lowest BCUT2D eigenvalue weighted by molar-refractivity contribution is -0.129. The van der Waals surface area contributed by atoms with Gasteiger partial charge < -0.3 is 25.0 Å². The Morgan fingerprint density at radius 2 is 1.93 bits per heavy atom. The van der Waals surface area contributed by atoms with Crippen LogP contribution in [0.5, 0.6) is 11.5 Å². The number of hydrogen-bond acceptors (Lipinski definition) is 5. The van der Waals surface area contributed by atoms with Crippen molar-refractivity contribution in [3.63, 3.8) is 0 Å². The lowest BCUT2D eigenvalue weighted by Gasteiger charge is -2.32. The quantitative estimate of drug-likeness (QED) is 0.748. The fraction of sp³-hybridized carbons (Fsp3) is 0.381. The number of methoxy groups -OCH3 is 2. The third-order valence-electron chi connectivity index (χ3n) is 5.00. The highest BCUT2D eigenvalue weighted by atomic mass is 35.5. The Labute approximate surface area is 172 Å². The lowest BCUT2D eigenvalue weighted by atomic mass is 10.00. The topological polar surface area (TPSA) is 68.0 Å².